The van der Waals surface area contributed by atoms with E-state index in [1.807, 2.05) is 24.3 Å². The number of hydrogen-bond acceptors (Lipinski definition) is 4. The second kappa shape index (κ2) is 10.9. The average molecular weight is 396 g/mol. The fourth-order valence-corrected chi connectivity index (χ4v) is 3.79. The molecular formula is C25H33NO3. The number of benzene rings is 2. The normalized spacial score (nSPS) is 12.4. The number of ether oxygens (including phenoxy) is 1. The molecule has 0 fully saturated rings. The summed E-state index contributed by atoms with van der Waals surface area (Å²) >= 11 is 0. The molecule has 0 heterocycles. The van der Waals surface area contributed by atoms with Gasteiger partial charge in [0.1, 0.15) is 5.75 Å². The third-order valence-electron chi connectivity index (χ3n) is 5.21. The van der Waals surface area contributed by atoms with Gasteiger partial charge in [-0.1, -0.05) is 43.0 Å². The zero-order valence-corrected chi connectivity index (χ0v) is 18.0. The molecule has 4 heteroatoms. The first-order valence-electron chi connectivity index (χ1n) is 10.3. The van der Waals surface area contributed by atoms with Crippen LogP contribution in [0.5, 0.6) is 5.75 Å². The molecule has 0 radical (unpaired) electrons. The van der Waals surface area contributed by atoms with Crippen LogP contribution in [0.15, 0.2) is 61.2 Å². The van der Waals surface area contributed by atoms with Crippen LogP contribution < -0.4 is 4.74 Å². The number of carbonyl (C=O) groups excluding carboxylic acids is 1. The lowest BCUT2D eigenvalue weighted by Crippen LogP contribution is -2.38. The van der Waals surface area contributed by atoms with Gasteiger partial charge in [0.25, 0.3) is 0 Å². The number of aliphatic hydroxyl groups excluding tert-OH is 1. The molecule has 2 aromatic rings. The number of esters is 1. The van der Waals surface area contributed by atoms with E-state index in [0.717, 1.165) is 29.7 Å². The van der Waals surface area contributed by atoms with Gasteiger partial charge in [0, 0.05) is 29.6 Å². The van der Waals surface area contributed by atoms with Gasteiger partial charge >= 0.3 is 5.97 Å². The highest BCUT2D eigenvalue weighted by molar-refractivity contribution is 5.83. The quantitative estimate of drug-likeness (QED) is 0.353. The molecule has 2 aromatic carbocycles. The summed E-state index contributed by atoms with van der Waals surface area (Å²) in [6, 6.07) is 16.6. The molecule has 0 spiro atoms. The number of aliphatic hydroxyl groups is 1. The first-order valence-corrected chi connectivity index (χ1v) is 10.3. The van der Waals surface area contributed by atoms with Crippen LogP contribution in [-0.4, -0.2) is 34.6 Å². The Hall–Kier alpha value is -2.43. The van der Waals surface area contributed by atoms with Crippen molar-refractivity contribution < 1.29 is 14.6 Å². The Labute approximate surface area is 174 Å². The first-order chi connectivity index (χ1) is 13.9. The van der Waals surface area contributed by atoms with E-state index in [2.05, 4.69) is 51.3 Å². The second-order valence-electron chi connectivity index (χ2n) is 7.83. The predicted molar refractivity (Wildman–Crippen MR) is 118 cm³/mol. The van der Waals surface area contributed by atoms with E-state index in [1.54, 1.807) is 12.1 Å². The highest BCUT2D eigenvalue weighted by Gasteiger charge is 2.23. The maximum absolute atomic E-state index is 11.9. The van der Waals surface area contributed by atoms with Gasteiger partial charge in [0.15, 0.2) is 0 Å². The smallest absolute Gasteiger partial charge is 0.335 e. The van der Waals surface area contributed by atoms with Crippen LogP contribution in [0.2, 0.25) is 0 Å². The Kier molecular flexibility index (Phi) is 8.62. The minimum atomic E-state index is -0.485. The summed E-state index contributed by atoms with van der Waals surface area (Å²) in [7, 11) is 0. The molecule has 0 unspecified atom stereocenters. The molecule has 0 bridgehead atoms. The van der Waals surface area contributed by atoms with E-state index in [0.29, 0.717) is 17.8 Å². The third kappa shape index (κ3) is 6.28. The minimum absolute atomic E-state index is 0.0373. The predicted octanol–water partition coefficient (Wildman–Crippen LogP) is 4.91. The van der Waals surface area contributed by atoms with Crippen LogP contribution in [0.3, 0.4) is 0 Å². The molecule has 156 valence electrons. The minimum Gasteiger partial charge on any atom is -0.423 e. The summed E-state index contributed by atoms with van der Waals surface area (Å²) in [5.74, 6) is 0.0673. The topological polar surface area (TPSA) is 49.8 Å². The lowest BCUT2D eigenvalue weighted by molar-refractivity contribution is -0.129. The molecular weight excluding hydrogens is 362 g/mol. The van der Waals surface area contributed by atoms with Gasteiger partial charge in [-0.3, -0.25) is 4.90 Å². The van der Waals surface area contributed by atoms with Crippen molar-refractivity contribution in [3.63, 3.8) is 0 Å². The zero-order valence-electron chi connectivity index (χ0n) is 18.0. The molecule has 4 nitrogen and oxygen atoms in total. The Morgan fingerprint density at radius 1 is 1.10 bits per heavy atom. The lowest BCUT2D eigenvalue weighted by Gasteiger charge is -2.32. The zero-order chi connectivity index (χ0) is 21.4. The molecule has 0 aliphatic heterocycles. The SMILES string of the molecule is C=CC(=O)Oc1ccc(CO)cc1[C@H](CCN(C(C)C)C(C)C)c1ccccc1. The number of nitrogens with zero attached hydrogens (tertiary/aromatic N) is 1. The van der Waals surface area contributed by atoms with Crippen molar-refractivity contribution >= 4 is 5.97 Å². The molecule has 0 saturated carbocycles. The fourth-order valence-electron chi connectivity index (χ4n) is 3.79. The Bertz CT molecular complexity index is 791. The largest absolute Gasteiger partial charge is 0.423 e. The lowest BCUT2D eigenvalue weighted by atomic mass is 9.86. The van der Waals surface area contributed by atoms with Gasteiger partial charge in [0.05, 0.1) is 6.61 Å². The van der Waals surface area contributed by atoms with Gasteiger partial charge in [0.2, 0.25) is 0 Å². The maximum Gasteiger partial charge on any atom is 0.335 e. The van der Waals surface area contributed by atoms with Crippen molar-refractivity contribution in [2.24, 2.45) is 0 Å². The number of carbonyl (C=O) groups is 1. The second-order valence-corrected chi connectivity index (χ2v) is 7.83. The monoisotopic (exact) mass is 395 g/mol. The fraction of sp³-hybridized carbons (Fsp3) is 0.400. The molecule has 1 N–H and O–H groups in total. The van der Waals surface area contributed by atoms with E-state index < -0.39 is 5.97 Å². The van der Waals surface area contributed by atoms with E-state index in [4.69, 9.17) is 4.74 Å². The summed E-state index contributed by atoms with van der Waals surface area (Å²) in [5.41, 5.74) is 2.86. The summed E-state index contributed by atoms with van der Waals surface area (Å²) in [6.07, 6.45) is 2.04. The molecule has 2 rings (SSSR count). The average Bonchev–Trinajstić information content (AvgIpc) is 2.71. The number of rotatable bonds is 10. The van der Waals surface area contributed by atoms with Crippen molar-refractivity contribution in [2.45, 2.75) is 58.7 Å². The van der Waals surface area contributed by atoms with Crippen LogP contribution in [0.25, 0.3) is 0 Å². The third-order valence-corrected chi connectivity index (χ3v) is 5.21. The standard InChI is InChI=1S/C25H33NO3/c1-6-25(28)29-24-13-12-20(17-27)16-23(24)22(21-10-8-7-9-11-21)14-15-26(18(2)3)19(4)5/h6-13,16,18-19,22,27H,1,14-15,17H2,2-5H3/t22-/m1/s1. The highest BCUT2D eigenvalue weighted by atomic mass is 16.5. The molecule has 0 saturated heterocycles. The van der Waals surface area contributed by atoms with Gasteiger partial charge in [-0.05, 0) is 63.9 Å². The van der Waals surface area contributed by atoms with Crippen molar-refractivity contribution in [2.75, 3.05) is 6.54 Å². The van der Waals surface area contributed by atoms with Crippen molar-refractivity contribution in [3.05, 3.63) is 77.9 Å². The Balaban J connectivity index is 2.47. The first kappa shape index (κ1) is 22.9. The Morgan fingerprint density at radius 2 is 1.76 bits per heavy atom. The summed E-state index contributed by atoms with van der Waals surface area (Å²) in [4.78, 5) is 14.4. The van der Waals surface area contributed by atoms with Crippen LogP contribution in [0, 0.1) is 0 Å². The van der Waals surface area contributed by atoms with Crippen LogP contribution >= 0.6 is 0 Å². The Morgan fingerprint density at radius 3 is 2.31 bits per heavy atom. The van der Waals surface area contributed by atoms with Crippen LogP contribution in [0.1, 0.15) is 56.7 Å². The van der Waals surface area contributed by atoms with Crippen LogP contribution in [-0.2, 0) is 11.4 Å². The summed E-state index contributed by atoms with van der Waals surface area (Å²) < 4.78 is 5.55. The van der Waals surface area contributed by atoms with E-state index in [9.17, 15) is 9.90 Å². The van der Waals surface area contributed by atoms with Gasteiger partial charge in [-0.15, -0.1) is 0 Å². The van der Waals surface area contributed by atoms with Gasteiger partial charge in [-0.2, -0.15) is 0 Å². The van der Waals surface area contributed by atoms with E-state index in [-0.39, 0.29) is 12.5 Å². The van der Waals surface area contributed by atoms with Crippen molar-refractivity contribution in [1.29, 1.82) is 0 Å². The van der Waals surface area contributed by atoms with Gasteiger partial charge < -0.3 is 9.84 Å². The van der Waals surface area contributed by atoms with Gasteiger partial charge in [-0.25, -0.2) is 4.79 Å². The van der Waals surface area contributed by atoms with Crippen molar-refractivity contribution in [1.82, 2.24) is 4.90 Å². The molecule has 29 heavy (non-hydrogen) atoms. The highest BCUT2D eigenvalue weighted by Crippen LogP contribution is 2.36. The maximum atomic E-state index is 11.9. The molecule has 0 aliphatic carbocycles. The van der Waals surface area contributed by atoms with E-state index >= 15 is 0 Å². The molecule has 0 aromatic heterocycles. The van der Waals surface area contributed by atoms with Crippen molar-refractivity contribution in [3.8, 4) is 5.75 Å². The molecule has 0 amide bonds. The summed E-state index contributed by atoms with van der Waals surface area (Å²) in [5, 5.41) is 9.66. The summed E-state index contributed by atoms with van der Waals surface area (Å²) in [6.45, 7) is 13.2. The molecule has 0 aliphatic rings. The number of hydrogen-bond donors (Lipinski definition) is 1. The van der Waals surface area contributed by atoms with Crippen LogP contribution in [0.4, 0.5) is 0 Å². The molecule has 1 atom stereocenters. The van der Waals surface area contributed by atoms with E-state index in [1.165, 1.54) is 6.08 Å².